The largest absolute Gasteiger partial charge is 0.442 e. The van der Waals surface area contributed by atoms with E-state index in [0.717, 1.165) is 24.8 Å². The van der Waals surface area contributed by atoms with E-state index in [1.807, 2.05) is 0 Å². The van der Waals surface area contributed by atoms with Crippen molar-refractivity contribution in [2.24, 2.45) is 0 Å². The number of aryl methyl sites for hydroxylation is 1. The molecule has 2 amide bonds. The molecule has 23 heavy (non-hydrogen) atoms. The Balaban J connectivity index is 1.32. The Bertz CT molecular complexity index is 572. The van der Waals surface area contributed by atoms with Crippen LogP contribution in [0.25, 0.3) is 0 Å². The van der Waals surface area contributed by atoms with Crippen molar-refractivity contribution in [1.29, 1.82) is 0 Å². The molecule has 1 heterocycles. The van der Waals surface area contributed by atoms with E-state index in [2.05, 4.69) is 5.32 Å². The van der Waals surface area contributed by atoms with Crippen LogP contribution < -0.4 is 5.32 Å². The second kappa shape index (κ2) is 6.98. The van der Waals surface area contributed by atoms with E-state index in [1.165, 1.54) is 12.1 Å². The molecule has 1 saturated heterocycles. The molecule has 124 valence electrons. The molecular formula is C17H21FN2O3. The molecule has 2 fully saturated rings. The SMILES string of the molecule is O=C(CCCc1ccc(F)cc1)NCC1CN(C2CC2)C(=O)O1. The van der Waals surface area contributed by atoms with Crippen molar-refractivity contribution in [2.75, 3.05) is 13.1 Å². The number of hydrogen-bond donors (Lipinski definition) is 1. The summed E-state index contributed by atoms with van der Waals surface area (Å²) in [5, 5.41) is 2.82. The van der Waals surface area contributed by atoms with Gasteiger partial charge >= 0.3 is 6.09 Å². The minimum absolute atomic E-state index is 0.0481. The predicted molar refractivity (Wildman–Crippen MR) is 82.3 cm³/mol. The van der Waals surface area contributed by atoms with Gasteiger partial charge in [-0.05, 0) is 43.4 Å². The fourth-order valence-corrected chi connectivity index (χ4v) is 2.75. The van der Waals surface area contributed by atoms with Gasteiger partial charge in [-0.1, -0.05) is 12.1 Å². The van der Waals surface area contributed by atoms with Crippen LogP contribution in [-0.2, 0) is 16.0 Å². The Morgan fingerprint density at radius 3 is 2.74 bits per heavy atom. The molecule has 6 heteroatoms. The molecule has 1 saturated carbocycles. The monoisotopic (exact) mass is 320 g/mol. The van der Waals surface area contributed by atoms with Crippen molar-refractivity contribution in [3.63, 3.8) is 0 Å². The first-order valence-corrected chi connectivity index (χ1v) is 8.10. The van der Waals surface area contributed by atoms with Gasteiger partial charge in [-0.2, -0.15) is 0 Å². The molecule has 3 rings (SSSR count). The Morgan fingerprint density at radius 2 is 2.04 bits per heavy atom. The average molecular weight is 320 g/mol. The highest BCUT2D eigenvalue weighted by molar-refractivity contribution is 5.76. The Morgan fingerprint density at radius 1 is 1.30 bits per heavy atom. The summed E-state index contributed by atoms with van der Waals surface area (Å²) < 4.78 is 18.0. The number of hydrogen-bond acceptors (Lipinski definition) is 3. The van der Waals surface area contributed by atoms with Gasteiger partial charge in [-0.15, -0.1) is 0 Å². The Labute approximate surface area is 134 Å². The molecule has 2 aliphatic rings. The van der Waals surface area contributed by atoms with E-state index >= 15 is 0 Å². The smallest absolute Gasteiger partial charge is 0.410 e. The van der Waals surface area contributed by atoms with Gasteiger partial charge in [-0.3, -0.25) is 4.79 Å². The van der Waals surface area contributed by atoms with Crippen LogP contribution in [0.2, 0.25) is 0 Å². The lowest BCUT2D eigenvalue weighted by molar-refractivity contribution is -0.121. The molecule has 1 aromatic carbocycles. The van der Waals surface area contributed by atoms with Crippen LogP contribution in [0.3, 0.4) is 0 Å². The summed E-state index contributed by atoms with van der Waals surface area (Å²) >= 11 is 0. The lowest BCUT2D eigenvalue weighted by atomic mass is 10.1. The number of ether oxygens (including phenoxy) is 1. The number of nitrogens with zero attached hydrogens (tertiary/aromatic N) is 1. The van der Waals surface area contributed by atoms with Crippen molar-refractivity contribution < 1.29 is 18.7 Å². The van der Waals surface area contributed by atoms with Crippen molar-refractivity contribution in [3.8, 4) is 0 Å². The normalized spacial score (nSPS) is 20.5. The molecule has 0 radical (unpaired) electrons. The Hall–Kier alpha value is -2.11. The van der Waals surface area contributed by atoms with Gasteiger partial charge in [0.2, 0.25) is 5.91 Å². The van der Waals surface area contributed by atoms with Crippen LogP contribution in [-0.4, -0.2) is 42.1 Å². The van der Waals surface area contributed by atoms with Gasteiger partial charge in [-0.25, -0.2) is 9.18 Å². The minimum atomic E-state index is -0.261. The van der Waals surface area contributed by atoms with Crippen molar-refractivity contribution in [2.45, 2.75) is 44.2 Å². The minimum Gasteiger partial charge on any atom is -0.442 e. The summed E-state index contributed by atoms with van der Waals surface area (Å²) in [6, 6.07) is 6.67. The lowest BCUT2D eigenvalue weighted by Gasteiger charge is -2.11. The summed E-state index contributed by atoms with van der Waals surface area (Å²) in [5.41, 5.74) is 1.02. The van der Waals surface area contributed by atoms with Crippen LogP contribution in [0.1, 0.15) is 31.2 Å². The van der Waals surface area contributed by atoms with Crippen LogP contribution in [0.4, 0.5) is 9.18 Å². The molecule has 0 aromatic heterocycles. The summed E-state index contributed by atoms with van der Waals surface area (Å²) in [5.74, 6) is -0.300. The van der Waals surface area contributed by atoms with Gasteiger partial charge in [0, 0.05) is 12.5 Å². The van der Waals surface area contributed by atoms with Gasteiger partial charge < -0.3 is 15.0 Å². The maximum absolute atomic E-state index is 12.8. The summed E-state index contributed by atoms with van der Waals surface area (Å²) in [6.07, 6.45) is 3.45. The highest BCUT2D eigenvalue weighted by Gasteiger charge is 2.40. The Kier molecular flexibility index (Phi) is 4.79. The van der Waals surface area contributed by atoms with Crippen LogP contribution >= 0.6 is 0 Å². The van der Waals surface area contributed by atoms with E-state index in [4.69, 9.17) is 4.74 Å². The zero-order valence-corrected chi connectivity index (χ0v) is 13.0. The zero-order valence-electron chi connectivity index (χ0n) is 13.0. The summed E-state index contributed by atoms with van der Waals surface area (Å²) in [7, 11) is 0. The van der Waals surface area contributed by atoms with Crippen LogP contribution in [0.5, 0.6) is 0 Å². The highest BCUT2D eigenvalue weighted by Crippen LogP contribution is 2.30. The number of carbonyl (C=O) groups is 2. The van der Waals surface area contributed by atoms with E-state index < -0.39 is 0 Å². The van der Waals surface area contributed by atoms with Crippen LogP contribution in [0, 0.1) is 5.82 Å². The zero-order chi connectivity index (χ0) is 16.2. The fraction of sp³-hybridized carbons (Fsp3) is 0.529. The second-order valence-electron chi connectivity index (χ2n) is 6.17. The third-order valence-electron chi connectivity index (χ3n) is 4.20. The van der Waals surface area contributed by atoms with Crippen molar-refractivity contribution >= 4 is 12.0 Å². The van der Waals surface area contributed by atoms with Crippen molar-refractivity contribution in [3.05, 3.63) is 35.6 Å². The summed E-state index contributed by atoms with van der Waals surface area (Å²) in [4.78, 5) is 25.2. The third kappa shape index (κ3) is 4.43. The number of benzene rings is 1. The molecule has 0 spiro atoms. The number of halogens is 1. The second-order valence-corrected chi connectivity index (χ2v) is 6.17. The maximum atomic E-state index is 12.8. The highest BCUT2D eigenvalue weighted by atomic mass is 19.1. The number of rotatable bonds is 7. The molecule has 1 N–H and O–H groups in total. The third-order valence-corrected chi connectivity index (χ3v) is 4.20. The lowest BCUT2D eigenvalue weighted by Crippen LogP contribution is -2.34. The molecule has 1 aromatic rings. The molecule has 1 atom stereocenters. The number of carbonyl (C=O) groups excluding carboxylic acids is 2. The molecule has 1 unspecified atom stereocenters. The van der Waals surface area contributed by atoms with Gasteiger partial charge in [0.15, 0.2) is 0 Å². The fourth-order valence-electron chi connectivity index (χ4n) is 2.75. The van der Waals surface area contributed by atoms with Crippen LogP contribution in [0.15, 0.2) is 24.3 Å². The average Bonchev–Trinajstić information content (AvgIpc) is 3.30. The number of amides is 2. The summed E-state index contributed by atoms with van der Waals surface area (Å²) in [6.45, 7) is 0.934. The predicted octanol–water partition coefficient (Wildman–Crippen LogP) is 2.25. The van der Waals surface area contributed by atoms with Gasteiger partial charge in [0.05, 0.1) is 13.1 Å². The van der Waals surface area contributed by atoms with Gasteiger partial charge in [0.1, 0.15) is 11.9 Å². The maximum Gasteiger partial charge on any atom is 0.410 e. The molecule has 0 bridgehead atoms. The van der Waals surface area contributed by atoms with Gasteiger partial charge in [0.25, 0.3) is 0 Å². The van der Waals surface area contributed by atoms with E-state index in [0.29, 0.717) is 32.0 Å². The van der Waals surface area contributed by atoms with Crippen molar-refractivity contribution in [1.82, 2.24) is 10.2 Å². The molecule has 5 nitrogen and oxygen atoms in total. The van der Waals surface area contributed by atoms with E-state index in [-0.39, 0.29) is 23.9 Å². The number of nitrogens with one attached hydrogen (secondary N) is 1. The first kappa shape index (κ1) is 15.8. The topological polar surface area (TPSA) is 58.6 Å². The quantitative estimate of drug-likeness (QED) is 0.838. The van der Waals surface area contributed by atoms with E-state index in [9.17, 15) is 14.0 Å². The first-order valence-electron chi connectivity index (χ1n) is 8.10. The molecular weight excluding hydrogens is 299 g/mol. The molecule has 1 aliphatic heterocycles. The number of cyclic esters (lactones) is 1. The first-order chi connectivity index (χ1) is 11.1. The molecule has 1 aliphatic carbocycles. The standard InChI is InChI=1S/C17H21FN2O3/c18-13-6-4-12(5-7-13)2-1-3-16(21)19-10-15-11-20(14-8-9-14)17(22)23-15/h4-7,14-15H,1-3,8-11H2,(H,19,21). The van der Waals surface area contributed by atoms with E-state index in [1.54, 1.807) is 17.0 Å².